The number of H-pyrrole nitrogens is 1. The van der Waals surface area contributed by atoms with E-state index in [1.165, 1.54) is 17.7 Å². The van der Waals surface area contributed by atoms with Crippen LogP contribution in [0.2, 0.25) is 0 Å². The smallest absolute Gasteiger partial charge is 0.200 e. The van der Waals surface area contributed by atoms with Gasteiger partial charge in [0, 0.05) is 81.3 Å². The maximum Gasteiger partial charge on any atom is 0.200 e. The summed E-state index contributed by atoms with van der Waals surface area (Å²) in [4.78, 5) is 25.7. The first-order chi connectivity index (χ1) is 25.4. The molecular formula is C42H76N12S. The molecular weight excluding hydrogens is 705 g/mol. The highest BCUT2D eigenvalue weighted by atomic mass is 32.1. The number of hydrogen-bond donors (Lipinski definition) is 5. The van der Waals surface area contributed by atoms with Gasteiger partial charge in [-0.1, -0.05) is 110 Å². The Balaban J connectivity index is 0.000000344. The Hall–Kier alpha value is -3.87. The number of nitrogens with one attached hydrogen (secondary N) is 5. The zero-order chi connectivity index (χ0) is 41.6. The summed E-state index contributed by atoms with van der Waals surface area (Å²) in [6.45, 7) is 36.5. The molecule has 2 aromatic rings. The molecule has 0 spiro atoms. The van der Waals surface area contributed by atoms with Crippen LogP contribution in [0.1, 0.15) is 134 Å². The maximum atomic E-state index is 4.44. The van der Waals surface area contributed by atoms with Crippen molar-refractivity contribution < 1.29 is 0 Å². The van der Waals surface area contributed by atoms with E-state index in [4.69, 9.17) is 0 Å². The minimum absolute atomic E-state index is 0.275. The fourth-order valence-corrected chi connectivity index (χ4v) is 4.46. The zero-order valence-electron chi connectivity index (χ0n) is 37.0. The van der Waals surface area contributed by atoms with Crippen molar-refractivity contribution in [2.75, 3.05) is 31.5 Å². The van der Waals surface area contributed by atoms with Gasteiger partial charge in [0.15, 0.2) is 5.95 Å². The average Bonchev–Trinajstić information content (AvgIpc) is 3.91. The lowest BCUT2D eigenvalue weighted by atomic mass is 9.90. The monoisotopic (exact) mass is 781 g/mol. The first-order valence-corrected chi connectivity index (χ1v) is 20.4. The molecule has 0 radical (unpaired) electrons. The number of hydrazone groups is 2. The third-order valence-electron chi connectivity index (χ3n) is 6.94. The Kier molecular flexibility index (Phi) is 21.4. The van der Waals surface area contributed by atoms with Gasteiger partial charge in [-0.25, -0.2) is 4.98 Å². The van der Waals surface area contributed by atoms with E-state index in [-0.39, 0.29) is 10.8 Å². The SMILES string of the molecule is CC(C)(C)CCc1cncs1.CC(C)(C)CN=C1CC=CN1.CC(C)(C)CN=C1CC=NN1.CC(C)(C)CN=C1CC=NN1.CC(C)(C)CNc1ncc[nH]1. The molecule has 0 aromatic carbocycles. The second kappa shape index (κ2) is 23.9. The Morgan fingerprint density at radius 1 is 0.673 bits per heavy atom. The largest absolute Gasteiger partial charge is 0.355 e. The first kappa shape index (κ1) is 49.1. The molecule has 5 rings (SSSR count). The molecule has 310 valence electrons. The number of aryl methyl sites for hydroxylation is 1. The average molecular weight is 781 g/mol. The lowest BCUT2D eigenvalue weighted by Crippen LogP contribution is -2.19. The molecule has 13 heteroatoms. The van der Waals surface area contributed by atoms with Crippen LogP contribution in [-0.4, -0.2) is 71.1 Å². The fraction of sp³-hybridized carbons (Fsp3) is 0.690. The molecule has 2 aromatic heterocycles. The van der Waals surface area contributed by atoms with Gasteiger partial charge in [-0.05, 0) is 46.1 Å². The van der Waals surface area contributed by atoms with Crippen molar-refractivity contribution in [1.29, 1.82) is 0 Å². The molecule has 3 aliphatic heterocycles. The van der Waals surface area contributed by atoms with Crippen LogP contribution in [0.25, 0.3) is 0 Å². The van der Waals surface area contributed by atoms with Crippen LogP contribution >= 0.6 is 11.3 Å². The number of aliphatic imine (C=N–C) groups is 3. The molecule has 0 unspecified atom stereocenters. The van der Waals surface area contributed by atoms with Crippen LogP contribution in [0.5, 0.6) is 0 Å². The molecule has 3 aliphatic rings. The molecule has 5 heterocycles. The summed E-state index contributed by atoms with van der Waals surface area (Å²) in [6, 6.07) is 0. The minimum atomic E-state index is 0.275. The molecule has 0 amide bonds. The number of aromatic amines is 1. The van der Waals surface area contributed by atoms with Crippen LogP contribution in [0, 0.1) is 27.1 Å². The van der Waals surface area contributed by atoms with Gasteiger partial charge >= 0.3 is 0 Å². The summed E-state index contributed by atoms with van der Waals surface area (Å²) >= 11 is 1.75. The van der Waals surface area contributed by atoms with Gasteiger partial charge in [-0.15, -0.1) is 11.3 Å². The highest BCUT2D eigenvalue weighted by molar-refractivity contribution is 7.09. The Morgan fingerprint density at radius 2 is 1.20 bits per heavy atom. The van der Waals surface area contributed by atoms with Gasteiger partial charge in [0.25, 0.3) is 0 Å². The molecule has 55 heavy (non-hydrogen) atoms. The van der Waals surface area contributed by atoms with Crippen LogP contribution in [0.4, 0.5) is 5.95 Å². The normalized spacial score (nSPS) is 17.2. The van der Waals surface area contributed by atoms with Gasteiger partial charge in [0.05, 0.1) is 5.51 Å². The Labute approximate surface area is 338 Å². The number of anilines is 1. The summed E-state index contributed by atoms with van der Waals surface area (Å²) in [5.41, 5.74) is 9.20. The molecule has 0 aliphatic carbocycles. The number of aromatic nitrogens is 3. The van der Waals surface area contributed by atoms with Gasteiger partial charge in [0.1, 0.15) is 17.5 Å². The molecule has 0 saturated carbocycles. The van der Waals surface area contributed by atoms with Crippen LogP contribution in [0.15, 0.2) is 61.6 Å². The molecule has 5 N–H and O–H groups in total. The maximum absolute atomic E-state index is 4.44. The van der Waals surface area contributed by atoms with Gasteiger partial charge in [0.2, 0.25) is 0 Å². The third kappa shape index (κ3) is 31.1. The van der Waals surface area contributed by atoms with Gasteiger partial charge < -0.3 is 15.6 Å². The van der Waals surface area contributed by atoms with E-state index < -0.39 is 0 Å². The summed E-state index contributed by atoms with van der Waals surface area (Å²) in [6.07, 6.45) is 18.3. The summed E-state index contributed by atoms with van der Waals surface area (Å²) in [7, 11) is 0. The summed E-state index contributed by atoms with van der Waals surface area (Å²) in [5, 5.41) is 14.0. The predicted octanol–water partition coefficient (Wildman–Crippen LogP) is 9.75. The predicted molar refractivity (Wildman–Crippen MR) is 241 cm³/mol. The lowest BCUT2D eigenvalue weighted by molar-refractivity contribution is 0.379. The van der Waals surface area contributed by atoms with Crippen molar-refractivity contribution in [3.8, 4) is 0 Å². The first-order valence-electron chi connectivity index (χ1n) is 19.6. The lowest BCUT2D eigenvalue weighted by Gasteiger charge is -2.17. The molecule has 0 saturated heterocycles. The van der Waals surface area contributed by atoms with Crippen LogP contribution < -0.4 is 21.5 Å². The van der Waals surface area contributed by atoms with Crippen molar-refractivity contribution in [2.24, 2.45) is 52.3 Å². The number of nitrogens with zero attached hydrogens (tertiary/aromatic N) is 7. The van der Waals surface area contributed by atoms with E-state index in [1.807, 2.05) is 36.5 Å². The van der Waals surface area contributed by atoms with E-state index in [1.54, 1.807) is 17.5 Å². The van der Waals surface area contributed by atoms with Crippen LogP contribution in [0.3, 0.4) is 0 Å². The van der Waals surface area contributed by atoms with E-state index >= 15 is 0 Å². The van der Waals surface area contributed by atoms with Crippen molar-refractivity contribution in [2.45, 2.75) is 136 Å². The number of hydrogen-bond acceptors (Lipinski definition) is 9. The Bertz CT molecular complexity index is 1300. The topological polar surface area (TPSA) is 151 Å². The van der Waals surface area contributed by atoms with Gasteiger partial charge in [-0.3, -0.25) is 30.8 Å². The van der Waals surface area contributed by atoms with Crippen LogP contribution in [-0.2, 0) is 6.42 Å². The van der Waals surface area contributed by atoms with E-state index in [2.05, 4.69) is 172 Å². The zero-order valence-corrected chi connectivity index (χ0v) is 37.8. The number of rotatable bonds is 7. The Morgan fingerprint density at radius 3 is 1.55 bits per heavy atom. The quantitative estimate of drug-likeness (QED) is 0.189. The molecule has 0 fully saturated rings. The third-order valence-corrected chi connectivity index (χ3v) is 7.78. The standard InChI is InChI=1S/C9H16N2.C9H15NS.3C8H15N3/c1-9(2,3)7-11-8-5-4-6-10-8;1-9(2,3)5-4-8-6-10-7-11-8;1-8(2,3)6-11-7-9-4-5-10-7;2*1-8(2,3)6-9-7-4-5-10-11-7/h4,6H,5,7H2,1-3H3,(H,10,11);6-7H,4-5H2,1-3H3;4-5H,6H2,1-3H3,(H2,9,10,11);2*5H,4,6H2,1-3H3,(H,9,11). The van der Waals surface area contributed by atoms with E-state index in [9.17, 15) is 0 Å². The molecule has 0 atom stereocenters. The minimum Gasteiger partial charge on any atom is -0.355 e. The number of amidine groups is 3. The second-order valence-corrected chi connectivity index (χ2v) is 20.8. The number of thiazole rings is 1. The van der Waals surface area contributed by atoms with Crippen molar-refractivity contribution in [1.82, 2.24) is 31.1 Å². The van der Waals surface area contributed by atoms with E-state index in [0.29, 0.717) is 16.2 Å². The van der Waals surface area contributed by atoms with Crippen molar-refractivity contribution in [3.63, 3.8) is 0 Å². The molecule has 0 bridgehead atoms. The number of imidazole rings is 1. The van der Waals surface area contributed by atoms with Crippen molar-refractivity contribution >= 4 is 47.2 Å². The van der Waals surface area contributed by atoms with E-state index in [0.717, 1.165) is 68.9 Å². The molecule has 12 nitrogen and oxygen atoms in total. The highest BCUT2D eigenvalue weighted by Gasteiger charge is 2.13. The van der Waals surface area contributed by atoms with Crippen molar-refractivity contribution in [3.05, 3.63) is 41.3 Å². The second-order valence-electron chi connectivity index (χ2n) is 19.9. The summed E-state index contributed by atoms with van der Waals surface area (Å²) < 4.78 is 0. The van der Waals surface area contributed by atoms with Gasteiger partial charge in [-0.2, -0.15) is 10.2 Å². The summed E-state index contributed by atoms with van der Waals surface area (Å²) in [5.74, 6) is 3.92. The highest BCUT2D eigenvalue weighted by Crippen LogP contribution is 2.22. The fourth-order valence-electron chi connectivity index (χ4n) is 3.86.